The molecule has 2 fully saturated rings. The maximum Gasteiger partial charge on any atom is 0.188 e. The third-order valence-corrected chi connectivity index (χ3v) is 9.84. The number of ether oxygens (including phenoxy) is 1. The van der Waals surface area contributed by atoms with E-state index in [1.54, 1.807) is 36.4 Å². The maximum atomic E-state index is 14.9. The van der Waals surface area contributed by atoms with Gasteiger partial charge in [-0.3, -0.25) is 14.5 Å². The van der Waals surface area contributed by atoms with Crippen molar-refractivity contribution in [2.75, 3.05) is 13.7 Å². The quantitative estimate of drug-likeness (QED) is 0.275. The molecule has 2 heterocycles. The van der Waals surface area contributed by atoms with E-state index in [1.807, 2.05) is 36.4 Å². The molecule has 196 valence electrons. The summed E-state index contributed by atoms with van der Waals surface area (Å²) in [5.74, 6) is 0.181. The Labute approximate surface area is 235 Å². The second-order valence-electron chi connectivity index (χ2n) is 10.7. The molecule has 3 unspecified atom stereocenters. The Hall–Kier alpha value is -3.38. The van der Waals surface area contributed by atoms with Crippen molar-refractivity contribution in [2.24, 2.45) is 0 Å². The van der Waals surface area contributed by atoms with Crippen LogP contribution >= 0.6 is 23.2 Å². The number of nitrogens with zero attached hydrogens (tertiary/aromatic N) is 1. The number of aromatic hydroxyl groups is 1. The highest BCUT2D eigenvalue weighted by molar-refractivity contribution is 6.42. The SMILES string of the molecule is COc1cc(C2(C(=O)c3ccc(Cl)c(Cl)c3)CC3(C(=O)c4cccc5cccc3c45)N3CCCC32)ccc1O. The Morgan fingerprint density at radius 3 is 2.59 bits per heavy atom. The normalized spacial score (nSPS) is 25.5. The molecule has 1 spiro atoms. The first-order valence-corrected chi connectivity index (χ1v) is 13.8. The van der Waals surface area contributed by atoms with E-state index in [0.717, 1.165) is 29.2 Å². The van der Waals surface area contributed by atoms with Gasteiger partial charge >= 0.3 is 0 Å². The van der Waals surface area contributed by atoms with Crippen LogP contribution in [0.4, 0.5) is 0 Å². The lowest BCUT2D eigenvalue weighted by Gasteiger charge is -2.35. The van der Waals surface area contributed by atoms with Gasteiger partial charge < -0.3 is 9.84 Å². The number of carbonyl (C=O) groups excluding carboxylic acids is 2. The predicted molar refractivity (Wildman–Crippen MR) is 151 cm³/mol. The molecule has 4 aromatic carbocycles. The van der Waals surface area contributed by atoms with Crippen molar-refractivity contribution in [1.82, 2.24) is 4.90 Å². The molecule has 0 saturated carbocycles. The van der Waals surface area contributed by atoms with E-state index in [0.29, 0.717) is 33.3 Å². The van der Waals surface area contributed by atoms with Crippen molar-refractivity contribution < 1.29 is 19.4 Å². The standard InChI is InChI=1S/C32H25Cl2NO4/c1-39-26-16-20(11-13-25(26)36)31(29(37)19-10-12-23(33)24(34)15-19)17-32(35-14-4-9-27(31)35)22-8-3-6-18-5-2-7-21(28(18)22)30(32)38/h2-3,5-8,10-13,15-16,27,36H,4,9,14,17H2,1H3. The molecule has 7 rings (SSSR count). The van der Waals surface area contributed by atoms with Gasteiger partial charge in [0.15, 0.2) is 23.1 Å². The second kappa shape index (κ2) is 8.56. The molecule has 3 atom stereocenters. The van der Waals surface area contributed by atoms with Crippen molar-refractivity contribution in [1.29, 1.82) is 0 Å². The Morgan fingerprint density at radius 1 is 1.03 bits per heavy atom. The van der Waals surface area contributed by atoms with Crippen molar-refractivity contribution in [3.63, 3.8) is 0 Å². The Balaban J connectivity index is 1.52. The molecular weight excluding hydrogens is 533 g/mol. The van der Waals surface area contributed by atoms with E-state index < -0.39 is 11.0 Å². The van der Waals surface area contributed by atoms with E-state index in [9.17, 15) is 14.7 Å². The van der Waals surface area contributed by atoms with Gasteiger partial charge in [-0.2, -0.15) is 0 Å². The number of benzene rings is 4. The number of methoxy groups -OCH3 is 1. The smallest absolute Gasteiger partial charge is 0.188 e. The summed E-state index contributed by atoms with van der Waals surface area (Å²) in [5, 5.41) is 13.1. The molecule has 4 aromatic rings. The highest BCUT2D eigenvalue weighted by atomic mass is 35.5. The molecule has 2 aliphatic heterocycles. The van der Waals surface area contributed by atoms with Gasteiger partial charge in [-0.05, 0) is 78.0 Å². The molecule has 0 radical (unpaired) electrons. The van der Waals surface area contributed by atoms with E-state index in [-0.39, 0.29) is 35.5 Å². The first-order valence-electron chi connectivity index (χ1n) is 13.0. The summed E-state index contributed by atoms with van der Waals surface area (Å²) in [4.78, 5) is 31.7. The van der Waals surface area contributed by atoms with Gasteiger partial charge in [0.1, 0.15) is 5.54 Å². The van der Waals surface area contributed by atoms with Gasteiger partial charge in [-0.1, -0.05) is 65.7 Å². The lowest BCUT2D eigenvalue weighted by Crippen LogP contribution is -2.47. The fourth-order valence-electron chi connectivity index (χ4n) is 7.55. The van der Waals surface area contributed by atoms with Crippen molar-refractivity contribution in [3.8, 4) is 11.5 Å². The third kappa shape index (κ3) is 3.12. The third-order valence-electron chi connectivity index (χ3n) is 9.10. The van der Waals surface area contributed by atoms with Crippen LogP contribution in [0.1, 0.15) is 51.1 Å². The molecule has 7 heteroatoms. The summed E-state index contributed by atoms with van der Waals surface area (Å²) in [5.41, 5.74) is 0.715. The van der Waals surface area contributed by atoms with Crippen LogP contribution in [0.3, 0.4) is 0 Å². The summed E-state index contributed by atoms with van der Waals surface area (Å²) in [6, 6.07) is 21.7. The van der Waals surface area contributed by atoms with E-state index in [1.165, 1.54) is 7.11 Å². The number of halogens is 2. The molecular formula is C32H25Cl2NO4. The van der Waals surface area contributed by atoms with Gasteiger partial charge in [-0.15, -0.1) is 0 Å². The Kier molecular flexibility index (Phi) is 5.41. The number of phenolic OH excluding ortho intramolecular Hbond substituents is 1. The predicted octanol–water partition coefficient (Wildman–Crippen LogP) is 6.94. The molecule has 1 aliphatic carbocycles. The molecule has 5 nitrogen and oxygen atoms in total. The lowest BCUT2D eigenvalue weighted by atomic mass is 9.65. The van der Waals surface area contributed by atoms with Gasteiger partial charge in [0.25, 0.3) is 0 Å². The maximum absolute atomic E-state index is 14.9. The number of rotatable bonds is 4. The minimum absolute atomic E-state index is 0.0107. The second-order valence-corrected chi connectivity index (χ2v) is 11.6. The zero-order valence-corrected chi connectivity index (χ0v) is 22.7. The molecule has 0 aromatic heterocycles. The molecule has 1 N–H and O–H groups in total. The highest BCUT2D eigenvalue weighted by Gasteiger charge is 2.69. The number of carbonyl (C=O) groups is 2. The minimum atomic E-state index is -1.10. The van der Waals surface area contributed by atoms with E-state index in [2.05, 4.69) is 4.90 Å². The van der Waals surface area contributed by atoms with Crippen molar-refractivity contribution in [3.05, 3.63) is 105 Å². The van der Waals surface area contributed by atoms with Crippen LogP contribution in [0.2, 0.25) is 10.0 Å². The van der Waals surface area contributed by atoms with Gasteiger partial charge in [-0.25, -0.2) is 0 Å². The average molecular weight is 558 g/mol. The zero-order chi connectivity index (χ0) is 27.1. The fourth-order valence-corrected chi connectivity index (χ4v) is 7.84. The van der Waals surface area contributed by atoms with Crippen molar-refractivity contribution in [2.45, 2.75) is 36.3 Å². The van der Waals surface area contributed by atoms with Crippen LogP contribution in [-0.4, -0.2) is 41.3 Å². The summed E-state index contributed by atoms with van der Waals surface area (Å²) >= 11 is 12.6. The largest absolute Gasteiger partial charge is 0.504 e. The van der Waals surface area contributed by atoms with Crippen LogP contribution in [-0.2, 0) is 11.0 Å². The number of ketones is 2. The molecule has 0 bridgehead atoms. The van der Waals surface area contributed by atoms with Crippen LogP contribution in [0, 0.1) is 0 Å². The average Bonchev–Trinajstić information content (AvgIpc) is 3.61. The summed E-state index contributed by atoms with van der Waals surface area (Å²) in [7, 11) is 1.49. The monoisotopic (exact) mass is 557 g/mol. The van der Waals surface area contributed by atoms with Crippen LogP contribution in [0.25, 0.3) is 10.8 Å². The topological polar surface area (TPSA) is 66.8 Å². The number of Topliss-reactive ketones (excluding diaryl/α,β-unsaturated/α-hetero) is 2. The molecule has 3 aliphatic rings. The Bertz CT molecular complexity index is 1710. The molecule has 0 amide bonds. The highest BCUT2D eigenvalue weighted by Crippen LogP contribution is 2.62. The zero-order valence-electron chi connectivity index (χ0n) is 21.2. The number of hydrogen-bond acceptors (Lipinski definition) is 5. The van der Waals surface area contributed by atoms with Crippen molar-refractivity contribution >= 4 is 45.5 Å². The van der Waals surface area contributed by atoms with E-state index >= 15 is 0 Å². The summed E-state index contributed by atoms with van der Waals surface area (Å²) in [6.07, 6.45) is 1.87. The summed E-state index contributed by atoms with van der Waals surface area (Å²) < 4.78 is 5.48. The van der Waals surface area contributed by atoms with Crippen LogP contribution < -0.4 is 4.74 Å². The first-order chi connectivity index (χ1) is 18.8. The first kappa shape index (κ1) is 24.6. The van der Waals surface area contributed by atoms with Gasteiger partial charge in [0.05, 0.1) is 22.6 Å². The lowest BCUT2D eigenvalue weighted by molar-refractivity contribution is 0.0668. The van der Waals surface area contributed by atoms with Gasteiger partial charge in [0, 0.05) is 17.2 Å². The van der Waals surface area contributed by atoms with E-state index in [4.69, 9.17) is 27.9 Å². The number of fused-ring (bicyclic) bond motifs is 3. The number of hydrogen-bond donors (Lipinski definition) is 1. The fraction of sp³-hybridized carbons (Fsp3) is 0.250. The molecule has 2 saturated heterocycles. The number of phenols is 1. The van der Waals surface area contributed by atoms with Crippen LogP contribution in [0.15, 0.2) is 72.8 Å². The minimum Gasteiger partial charge on any atom is -0.504 e. The summed E-state index contributed by atoms with van der Waals surface area (Å²) in [6.45, 7) is 0.701. The van der Waals surface area contributed by atoms with Gasteiger partial charge in [0.2, 0.25) is 0 Å². The molecule has 39 heavy (non-hydrogen) atoms. The van der Waals surface area contributed by atoms with Crippen LogP contribution in [0.5, 0.6) is 11.5 Å². The Morgan fingerprint density at radius 2 is 1.82 bits per heavy atom.